The third-order valence-electron chi connectivity index (χ3n) is 4.47. The first kappa shape index (κ1) is 19.3. The molecular weight excluding hydrogens is 352 g/mol. The van der Waals surface area contributed by atoms with E-state index in [0.717, 1.165) is 16.0 Å². The number of nitrogens with one attached hydrogen (secondary N) is 1. The van der Waals surface area contributed by atoms with Gasteiger partial charge in [-0.05, 0) is 37.1 Å². The average molecular weight is 377 g/mol. The number of rotatable bonds is 6. The molecule has 9 heteroatoms. The molecule has 0 unspecified atom stereocenters. The minimum atomic E-state index is -4.17. The second-order valence-electron chi connectivity index (χ2n) is 6.27. The smallest absolute Gasteiger partial charge is 0.243 e. The SMILES string of the molecule is Cc1ccc(S(=O)(=O)N2CC[NH+](CCCS(=O)(=O)[O-])CC2)cc1C. The number of nitrogens with zero attached hydrogens (tertiary/aromatic N) is 1. The topological polar surface area (TPSA) is 99.0 Å². The summed E-state index contributed by atoms with van der Waals surface area (Å²) in [6, 6.07) is 5.14. The van der Waals surface area contributed by atoms with E-state index in [4.69, 9.17) is 0 Å². The molecule has 24 heavy (non-hydrogen) atoms. The van der Waals surface area contributed by atoms with Crippen molar-refractivity contribution in [1.82, 2.24) is 4.31 Å². The first-order valence-electron chi connectivity index (χ1n) is 7.94. The maximum atomic E-state index is 12.7. The van der Waals surface area contributed by atoms with Crippen molar-refractivity contribution in [2.24, 2.45) is 0 Å². The highest BCUT2D eigenvalue weighted by atomic mass is 32.2. The summed E-state index contributed by atoms with van der Waals surface area (Å²) in [4.78, 5) is 1.44. The second kappa shape index (κ2) is 7.49. The van der Waals surface area contributed by atoms with Gasteiger partial charge in [-0.3, -0.25) is 0 Å². The Labute approximate surface area is 144 Å². The van der Waals surface area contributed by atoms with Crippen LogP contribution in [0.1, 0.15) is 17.5 Å². The monoisotopic (exact) mass is 376 g/mol. The van der Waals surface area contributed by atoms with Gasteiger partial charge in [-0.25, -0.2) is 16.8 Å². The zero-order valence-electron chi connectivity index (χ0n) is 14.0. The van der Waals surface area contributed by atoms with Gasteiger partial charge in [0.1, 0.15) is 0 Å². The molecule has 0 bridgehead atoms. The van der Waals surface area contributed by atoms with E-state index in [2.05, 4.69) is 0 Å². The highest BCUT2D eigenvalue weighted by molar-refractivity contribution is 7.89. The van der Waals surface area contributed by atoms with Crippen molar-refractivity contribution in [3.8, 4) is 0 Å². The van der Waals surface area contributed by atoms with Crippen molar-refractivity contribution in [3.05, 3.63) is 29.3 Å². The number of hydrogen-bond acceptors (Lipinski definition) is 5. The summed E-state index contributed by atoms with van der Waals surface area (Å²) in [5.41, 5.74) is 2.00. The summed E-state index contributed by atoms with van der Waals surface area (Å²) in [5.74, 6) is -0.360. The lowest BCUT2D eigenvalue weighted by Crippen LogP contribution is -3.14. The van der Waals surface area contributed by atoms with Crippen LogP contribution in [0.2, 0.25) is 0 Å². The molecule has 1 saturated heterocycles. The van der Waals surface area contributed by atoms with Crippen LogP contribution in [0, 0.1) is 13.8 Å². The fraction of sp³-hybridized carbons (Fsp3) is 0.600. The average Bonchev–Trinajstić information content (AvgIpc) is 2.49. The number of quaternary nitrogens is 1. The maximum Gasteiger partial charge on any atom is 0.243 e. The Bertz CT molecular complexity index is 782. The normalized spacial score (nSPS) is 18.0. The van der Waals surface area contributed by atoms with Crippen LogP contribution in [0.5, 0.6) is 0 Å². The fourth-order valence-electron chi connectivity index (χ4n) is 2.82. The van der Waals surface area contributed by atoms with E-state index in [1.54, 1.807) is 12.1 Å². The Morgan fingerprint density at radius 2 is 1.71 bits per heavy atom. The molecule has 0 spiro atoms. The molecule has 7 nitrogen and oxygen atoms in total. The minimum absolute atomic E-state index is 0.311. The van der Waals surface area contributed by atoms with E-state index in [9.17, 15) is 21.4 Å². The fourth-order valence-corrected chi connectivity index (χ4v) is 4.84. The molecule has 1 heterocycles. The van der Waals surface area contributed by atoms with Gasteiger partial charge in [0.25, 0.3) is 0 Å². The van der Waals surface area contributed by atoms with E-state index < -0.39 is 20.1 Å². The van der Waals surface area contributed by atoms with Gasteiger partial charge in [0.15, 0.2) is 0 Å². The highest BCUT2D eigenvalue weighted by Crippen LogP contribution is 2.19. The zero-order chi connectivity index (χ0) is 18.0. The van der Waals surface area contributed by atoms with E-state index in [1.165, 1.54) is 4.31 Å². The molecule has 2 rings (SSSR count). The van der Waals surface area contributed by atoms with Gasteiger partial charge in [0.2, 0.25) is 10.0 Å². The highest BCUT2D eigenvalue weighted by Gasteiger charge is 2.30. The van der Waals surface area contributed by atoms with E-state index in [1.807, 2.05) is 19.9 Å². The Balaban J connectivity index is 1.94. The third kappa shape index (κ3) is 5.00. The minimum Gasteiger partial charge on any atom is -0.748 e. The standard InChI is InChI=1S/C15H24N2O5S2/c1-13-4-5-15(12-14(13)2)24(21,22)17-9-7-16(8-10-17)6-3-11-23(18,19)20/h4-5,12H,3,6-11H2,1-2H3,(H,18,19,20). The molecule has 1 aromatic rings. The largest absolute Gasteiger partial charge is 0.748 e. The molecule has 0 amide bonds. The molecule has 0 atom stereocenters. The summed E-state index contributed by atoms with van der Waals surface area (Å²) in [6.45, 7) is 6.42. The van der Waals surface area contributed by atoms with Gasteiger partial charge in [0, 0.05) is 12.2 Å². The molecule has 1 N–H and O–H groups in total. The predicted octanol–water partition coefficient (Wildman–Crippen LogP) is -0.872. The van der Waals surface area contributed by atoms with Gasteiger partial charge < -0.3 is 9.45 Å². The molecule has 1 aliphatic heterocycles. The number of piperazine rings is 1. The summed E-state index contributed by atoms with van der Waals surface area (Å²) >= 11 is 0. The van der Waals surface area contributed by atoms with Crippen molar-refractivity contribution >= 4 is 20.1 Å². The molecule has 1 aromatic carbocycles. The van der Waals surface area contributed by atoms with Crippen LogP contribution in [-0.2, 0) is 20.1 Å². The van der Waals surface area contributed by atoms with Crippen LogP contribution in [0.25, 0.3) is 0 Å². The first-order chi connectivity index (χ1) is 11.1. The molecule has 0 aliphatic carbocycles. The Morgan fingerprint density at radius 1 is 1.08 bits per heavy atom. The maximum absolute atomic E-state index is 12.7. The summed E-state index contributed by atoms with van der Waals surface area (Å²) in [5, 5.41) is 0. The molecule has 136 valence electrons. The van der Waals surface area contributed by atoms with E-state index in [-0.39, 0.29) is 5.75 Å². The van der Waals surface area contributed by atoms with Crippen LogP contribution in [0.4, 0.5) is 0 Å². The van der Waals surface area contributed by atoms with Gasteiger partial charge in [-0.1, -0.05) is 6.07 Å². The molecule has 0 aromatic heterocycles. The number of hydrogen-bond donors (Lipinski definition) is 1. The van der Waals surface area contributed by atoms with Gasteiger partial charge in [0.05, 0.1) is 47.7 Å². The van der Waals surface area contributed by atoms with Crippen molar-refractivity contribution in [1.29, 1.82) is 0 Å². The Morgan fingerprint density at radius 3 is 2.25 bits per heavy atom. The van der Waals surface area contributed by atoms with Crippen LogP contribution in [0.15, 0.2) is 23.1 Å². The summed E-state index contributed by atoms with van der Waals surface area (Å²) < 4.78 is 58.7. The zero-order valence-corrected chi connectivity index (χ0v) is 15.6. The van der Waals surface area contributed by atoms with Crippen molar-refractivity contribution in [2.75, 3.05) is 38.5 Å². The molecule has 1 aliphatic rings. The van der Waals surface area contributed by atoms with E-state index >= 15 is 0 Å². The Kier molecular flexibility index (Phi) is 6.03. The lowest BCUT2D eigenvalue weighted by Gasteiger charge is -2.31. The quantitative estimate of drug-likeness (QED) is 0.651. The lowest BCUT2D eigenvalue weighted by atomic mass is 10.1. The molecule has 0 saturated carbocycles. The second-order valence-corrected chi connectivity index (χ2v) is 9.73. The van der Waals surface area contributed by atoms with Crippen LogP contribution in [0.3, 0.4) is 0 Å². The van der Waals surface area contributed by atoms with Gasteiger partial charge >= 0.3 is 0 Å². The first-order valence-corrected chi connectivity index (χ1v) is 11.0. The predicted molar refractivity (Wildman–Crippen MR) is 89.4 cm³/mol. The number of aryl methyl sites for hydroxylation is 2. The lowest BCUT2D eigenvalue weighted by molar-refractivity contribution is -0.903. The van der Waals surface area contributed by atoms with E-state index in [0.29, 0.717) is 44.0 Å². The van der Waals surface area contributed by atoms with Crippen LogP contribution in [-0.4, -0.2) is 64.2 Å². The molecule has 0 radical (unpaired) electrons. The van der Waals surface area contributed by atoms with Crippen LogP contribution >= 0.6 is 0 Å². The van der Waals surface area contributed by atoms with Crippen molar-refractivity contribution in [2.45, 2.75) is 25.2 Å². The van der Waals surface area contributed by atoms with Crippen LogP contribution < -0.4 is 4.90 Å². The molecule has 1 fully saturated rings. The van der Waals surface area contributed by atoms with Gasteiger partial charge in [-0.15, -0.1) is 0 Å². The number of benzene rings is 1. The third-order valence-corrected chi connectivity index (χ3v) is 7.15. The summed E-state index contributed by atoms with van der Waals surface area (Å²) in [6.07, 6.45) is 0.311. The van der Waals surface area contributed by atoms with Gasteiger partial charge in [-0.2, -0.15) is 4.31 Å². The van der Waals surface area contributed by atoms with Crippen molar-refractivity contribution in [3.63, 3.8) is 0 Å². The number of sulfonamides is 1. The molecular formula is C15H24N2O5S2. The Hall–Kier alpha value is -1.00. The van der Waals surface area contributed by atoms with Crippen molar-refractivity contribution < 1.29 is 26.3 Å². The summed E-state index contributed by atoms with van der Waals surface area (Å²) in [7, 11) is -7.67.